The molecule has 0 saturated heterocycles. The first-order valence-corrected chi connectivity index (χ1v) is 5.05. The van der Waals surface area contributed by atoms with Gasteiger partial charge in [0, 0.05) is 18.3 Å². The zero-order valence-corrected chi connectivity index (χ0v) is 8.98. The Labute approximate surface area is 92.6 Å². The van der Waals surface area contributed by atoms with E-state index < -0.39 is 5.38 Å². The van der Waals surface area contributed by atoms with Gasteiger partial charge in [-0.1, -0.05) is 6.07 Å². The molecule has 5 heteroatoms. The zero-order valence-electron chi connectivity index (χ0n) is 8.22. The summed E-state index contributed by atoms with van der Waals surface area (Å²) < 4.78 is 0. The fraction of sp³-hybridized carbons (Fsp3) is 0.300. The van der Waals surface area contributed by atoms with Crippen LogP contribution in [0.1, 0.15) is 13.3 Å². The topological polar surface area (TPSA) is 45.6 Å². The Hall–Kier alpha value is -1.42. The van der Waals surface area contributed by atoms with Gasteiger partial charge in [0.25, 0.3) is 5.91 Å². The zero-order chi connectivity index (χ0) is 10.8. The van der Waals surface area contributed by atoms with Crippen molar-refractivity contribution >= 4 is 29.0 Å². The highest BCUT2D eigenvalue weighted by atomic mass is 35.5. The van der Waals surface area contributed by atoms with E-state index in [-0.39, 0.29) is 5.91 Å². The number of hydrogen-bond acceptors (Lipinski definition) is 3. The van der Waals surface area contributed by atoms with Crippen molar-refractivity contribution in [2.45, 2.75) is 18.7 Å². The van der Waals surface area contributed by atoms with Gasteiger partial charge in [-0.05, 0) is 19.1 Å². The number of amides is 1. The fourth-order valence-electron chi connectivity index (χ4n) is 1.38. The van der Waals surface area contributed by atoms with E-state index in [9.17, 15) is 4.79 Å². The van der Waals surface area contributed by atoms with E-state index in [1.54, 1.807) is 24.4 Å². The molecule has 0 fully saturated rings. The molecule has 1 atom stereocenters. The monoisotopic (exact) mass is 223 g/mol. The third-order valence-corrected chi connectivity index (χ3v) is 2.43. The molecule has 1 aliphatic heterocycles. The van der Waals surface area contributed by atoms with Gasteiger partial charge in [0.05, 0.1) is 0 Å². The second-order valence-electron chi connectivity index (χ2n) is 3.34. The van der Waals surface area contributed by atoms with Gasteiger partial charge in [-0.15, -0.1) is 11.6 Å². The molecule has 0 N–H and O–H groups in total. The molecule has 4 nitrogen and oxygen atoms in total. The maximum atomic E-state index is 11.7. The van der Waals surface area contributed by atoms with Crippen molar-refractivity contribution in [3.8, 4) is 0 Å². The normalized spacial score (nSPS) is 21.5. The molecule has 1 amide bonds. The van der Waals surface area contributed by atoms with E-state index in [1.165, 1.54) is 5.01 Å². The third-order valence-electron chi connectivity index (χ3n) is 2.09. The molecule has 1 aromatic rings. The number of pyridine rings is 1. The minimum atomic E-state index is -0.537. The molecule has 0 radical (unpaired) electrons. The van der Waals surface area contributed by atoms with Crippen LogP contribution in [0, 0.1) is 0 Å². The lowest BCUT2D eigenvalue weighted by atomic mass is 10.2. The summed E-state index contributed by atoms with van der Waals surface area (Å²) in [5.41, 5.74) is 0.834. The summed E-state index contributed by atoms with van der Waals surface area (Å²) in [6, 6.07) is 5.31. The van der Waals surface area contributed by atoms with Crippen LogP contribution in [0.5, 0.6) is 0 Å². The van der Waals surface area contributed by atoms with E-state index >= 15 is 0 Å². The van der Waals surface area contributed by atoms with Crippen molar-refractivity contribution in [1.82, 2.24) is 4.98 Å². The molecular formula is C10H10ClN3O. The van der Waals surface area contributed by atoms with E-state index in [2.05, 4.69) is 10.1 Å². The van der Waals surface area contributed by atoms with Gasteiger partial charge in [0.15, 0.2) is 5.82 Å². The van der Waals surface area contributed by atoms with Crippen LogP contribution in [0.3, 0.4) is 0 Å². The summed E-state index contributed by atoms with van der Waals surface area (Å²) >= 11 is 5.91. The molecule has 0 aliphatic carbocycles. The van der Waals surface area contributed by atoms with Gasteiger partial charge < -0.3 is 0 Å². The smallest absolute Gasteiger partial charge is 0.267 e. The molecule has 15 heavy (non-hydrogen) atoms. The molecule has 1 aliphatic rings. The maximum absolute atomic E-state index is 11.7. The van der Waals surface area contributed by atoms with Crippen molar-refractivity contribution in [1.29, 1.82) is 0 Å². The number of rotatable bonds is 1. The third kappa shape index (κ3) is 1.99. The van der Waals surface area contributed by atoms with Gasteiger partial charge in [-0.2, -0.15) is 10.1 Å². The van der Waals surface area contributed by atoms with Crippen LogP contribution in [-0.2, 0) is 4.79 Å². The summed E-state index contributed by atoms with van der Waals surface area (Å²) in [6.07, 6.45) is 2.12. The van der Waals surface area contributed by atoms with Crippen molar-refractivity contribution in [3.63, 3.8) is 0 Å². The standard InChI is InChI=1S/C10H10ClN3O/c1-7-6-8(11)10(15)14(13-7)9-4-2-3-5-12-9/h2-5,8H,6H2,1H3. The molecule has 1 aromatic heterocycles. The number of aromatic nitrogens is 1. The van der Waals surface area contributed by atoms with Gasteiger partial charge in [-0.25, -0.2) is 4.98 Å². The van der Waals surface area contributed by atoms with E-state index in [1.807, 2.05) is 6.92 Å². The minimum absolute atomic E-state index is 0.221. The summed E-state index contributed by atoms with van der Waals surface area (Å²) in [5.74, 6) is 0.285. The predicted molar refractivity (Wildman–Crippen MR) is 59.1 cm³/mol. The van der Waals surface area contributed by atoms with Crippen LogP contribution < -0.4 is 5.01 Å². The maximum Gasteiger partial charge on any atom is 0.267 e. The first-order chi connectivity index (χ1) is 7.18. The van der Waals surface area contributed by atoms with Crippen LogP contribution in [0.2, 0.25) is 0 Å². The largest absolute Gasteiger partial charge is 0.271 e. The highest BCUT2D eigenvalue weighted by Gasteiger charge is 2.29. The second-order valence-corrected chi connectivity index (χ2v) is 3.87. The van der Waals surface area contributed by atoms with Crippen LogP contribution in [0.25, 0.3) is 0 Å². The molecule has 1 unspecified atom stereocenters. The quantitative estimate of drug-likeness (QED) is 0.682. The van der Waals surface area contributed by atoms with Crippen LogP contribution in [-0.4, -0.2) is 22.0 Å². The minimum Gasteiger partial charge on any atom is -0.271 e. The number of carbonyl (C=O) groups excluding carboxylic acids is 1. The second kappa shape index (κ2) is 3.98. The number of hydrogen-bond donors (Lipinski definition) is 0. The molecule has 0 saturated carbocycles. The van der Waals surface area contributed by atoms with Gasteiger partial charge in [-0.3, -0.25) is 4.79 Å². The Balaban J connectivity index is 2.36. The average molecular weight is 224 g/mol. The lowest BCUT2D eigenvalue weighted by Crippen LogP contribution is -2.39. The Morgan fingerprint density at radius 1 is 1.53 bits per heavy atom. The van der Waals surface area contributed by atoms with E-state index in [0.29, 0.717) is 12.2 Å². The molecule has 78 valence electrons. The van der Waals surface area contributed by atoms with Crippen molar-refractivity contribution in [3.05, 3.63) is 24.4 Å². The van der Waals surface area contributed by atoms with Crippen LogP contribution in [0.4, 0.5) is 5.82 Å². The average Bonchev–Trinajstić information content (AvgIpc) is 2.24. The molecular weight excluding hydrogens is 214 g/mol. The summed E-state index contributed by atoms with van der Waals surface area (Å²) in [5, 5.41) is 4.86. The highest BCUT2D eigenvalue weighted by molar-refractivity contribution is 6.34. The summed E-state index contributed by atoms with van der Waals surface area (Å²) in [7, 11) is 0. The van der Waals surface area contributed by atoms with Gasteiger partial charge in [0.2, 0.25) is 0 Å². The van der Waals surface area contributed by atoms with Crippen molar-refractivity contribution < 1.29 is 4.79 Å². The van der Waals surface area contributed by atoms with Crippen LogP contribution in [0.15, 0.2) is 29.5 Å². The molecule has 2 rings (SSSR count). The van der Waals surface area contributed by atoms with Gasteiger partial charge in [0.1, 0.15) is 5.38 Å². The summed E-state index contributed by atoms with van der Waals surface area (Å²) in [6.45, 7) is 1.84. The van der Waals surface area contributed by atoms with E-state index in [0.717, 1.165) is 5.71 Å². The number of halogens is 1. The lowest BCUT2D eigenvalue weighted by Gasteiger charge is -2.24. The molecule has 0 spiro atoms. The van der Waals surface area contributed by atoms with Crippen molar-refractivity contribution in [2.24, 2.45) is 5.10 Å². The van der Waals surface area contributed by atoms with E-state index in [4.69, 9.17) is 11.6 Å². The number of nitrogens with zero attached hydrogens (tertiary/aromatic N) is 3. The highest BCUT2D eigenvalue weighted by Crippen LogP contribution is 2.20. The number of carbonyl (C=O) groups is 1. The van der Waals surface area contributed by atoms with Crippen molar-refractivity contribution in [2.75, 3.05) is 5.01 Å². The first kappa shape index (κ1) is 10.1. The lowest BCUT2D eigenvalue weighted by molar-refractivity contribution is -0.118. The molecule has 0 aromatic carbocycles. The Morgan fingerprint density at radius 3 is 3.00 bits per heavy atom. The SMILES string of the molecule is CC1=NN(c2ccccn2)C(=O)C(Cl)C1. The van der Waals surface area contributed by atoms with Gasteiger partial charge >= 0.3 is 0 Å². The van der Waals surface area contributed by atoms with Crippen LogP contribution >= 0.6 is 11.6 Å². The predicted octanol–water partition coefficient (Wildman–Crippen LogP) is 1.80. The number of alkyl halides is 1. The summed E-state index contributed by atoms with van der Waals surface area (Å²) in [4.78, 5) is 15.8. The first-order valence-electron chi connectivity index (χ1n) is 4.61. The Morgan fingerprint density at radius 2 is 2.33 bits per heavy atom. The Kier molecular flexibility index (Phi) is 2.68. The number of anilines is 1. The molecule has 0 bridgehead atoms. The molecule has 2 heterocycles. The number of hydrazone groups is 1. The Bertz CT molecular complexity index is 404. The fourth-order valence-corrected chi connectivity index (χ4v) is 1.70.